The van der Waals surface area contributed by atoms with Crippen molar-refractivity contribution in [2.24, 2.45) is 0 Å². The van der Waals surface area contributed by atoms with Gasteiger partial charge in [-0.25, -0.2) is 8.42 Å². The molecule has 1 heterocycles. The minimum Gasteiger partial charge on any atom is -0.354 e. The molecular weight excluding hydrogens is 258 g/mol. The van der Waals surface area contributed by atoms with Crippen LogP contribution in [0.25, 0.3) is 0 Å². The van der Waals surface area contributed by atoms with Crippen LogP contribution < -0.4 is 5.32 Å². The van der Waals surface area contributed by atoms with E-state index in [1.807, 2.05) is 0 Å². The molecule has 0 amide bonds. The third-order valence-electron chi connectivity index (χ3n) is 2.49. The van der Waals surface area contributed by atoms with Gasteiger partial charge < -0.3 is 5.32 Å². The normalized spacial score (nSPS) is 26.4. The molecule has 0 aromatic carbocycles. The highest BCUT2D eigenvalue weighted by atomic mass is 32.2. The summed E-state index contributed by atoms with van der Waals surface area (Å²) in [6, 6.07) is 0. The summed E-state index contributed by atoms with van der Waals surface area (Å²) in [6.45, 7) is 12.5. The predicted octanol–water partition coefficient (Wildman–Crippen LogP) is 3.12. The van der Waals surface area contributed by atoms with Crippen molar-refractivity contribution in [1.82, 2.24) is 5.32 Å². The summed E-state index contributed by atoms with van der Waals surface area (Å²) >= 11 is 0. The van der Waals surface area contributed by atoms with Gasteiger partial charge in [0, 0.05) is 0 Å². The molecule has 0 unspecified atom stereocenters. The number of allylic oxidation sites excluding steroid dienone is 7. The van der Waals surface area contributed by atoms with Gasteiger partial charge in [-0.3, -0.25) is 0 Å². The SMILES string of the molecule is C=C/C=C1/NC(=C/C)/C(=C\C=C)S(=O)(=O)/C1=C/C=C. The van der Waals surface area contributed by atoms with Gasteiger partial charge in [0.1, 0.15) is 0 Å². The summed E-state index contributed by atoms with van der Waals surface area (Å²) in [4.78, 5) is 0.361. The maximum atomic E-state index is 12.6. The number of nitrogens with one attached hydrogen (secondary N) is 1. The van der Waals surface area contributed by atoms with Gasteiger partial charge in [0.25, 0.3) is 0 Å². The molecule has 0 spiro atoms. The smallest absolute Gasteiger partial charge is 0.210 e. The molecule has 0 radical (unpaired) electrons. The van der Waals surface area contributed by atoms with Gasteiger partial charge in [-0.2, -0.15) is 0 Å². The highest BCUT2D eigenvalue weighted by Gasteiger charge is 2.33. The first-order valence-electron chi connectivity index (χ1n) is 5.70. The Labute approximate surface area is 114 Å². The molecule has 0 saturated carbocycles. The fourth-order valence-corrected chi connectivity index (χ4v) is 3.36. The third-order valence-corrected chi connectivity index (χ3v) is 4.36. The molecule has 100 valence electrons. The van der Waals surface area contributed by atoms with Crippen molar-refractivity contribution in [3.63, 3.8) is 0 Å². The molecule has 0 aromatic heterocycles. The fraction of sp³-hybridized carbons (Fsp3) is 0.0667. The molecule has 1 aliphatic heterocycles. The zero-order chi connectivity index (χ0) is 14.5. The first-order valence-corrected chi connectivity index (χ1v) is 7.18. The summed E-state index contributed by atoms with van der Waals surface area (Å²) in [5, 5.41) is 3.07. The Bertz CT molecular complexity index is 629. The average molecular weight is 275 g/mol. The highest BCUT2D eigenvalue weighted by molar-refractivity contribution is 7.99. The number of hydrogen-bond donors (Lipinski definition) is 1. The maximum absolute atomic E-state index is 12.6. The minimum atomic E-state index is -3.59. The molecule has 1 rings (SSSR count). The van der Waals surface area contributed by atoms with Crippen molar-refractivity contribution < 1.29 is 8.42 Å². The van der Waals surface area contributed by atoms with Crippen LogP contribution in [0, 0.1) is 0 Å². The zero-order valence-electron chi connectivity index (χ0n) is 10.9. The topological polar surface area (TPSA) is 46.2 Å². The summed E-state index contributed by atoms with van der Waals surface area (Å²) in [5.74, 6) is 0. The van der Waals surface area contributed by atoms with Crippen LogP contribution in [0.3, 0.4) is 0 Å². The second-order valence-corrected chi connectivity index (χ2v) is 5.57. The van der Waals surface area contributed by atoms with E-state index in [2.05, 4.69) is 25.1 Å². The quantitative estimate of drug-likeness (QED) is 0.860. The van der Waals surface area contributed by atoms with Crippen LogP contribution in [-0.2, 0) is 9.84 Å². The van der Waals surface area contributed by atoms with Crippen LogP contribution >= 0.6 is 0 Å². The van der Waals surface area contributed by atoms with Crippen molar-refractivity contribution in [3.05, 3.63) is 83.5 Å². The Morgan fingerprint density at radius 3 is 1.79 bits per heavy atom. The molecule has 1 aliphatic rings. The lowest BCUT2D eigenvalue weighted by molar-refractivity contribution is 0.605. The summed E-state index contributed by atoms with van der Waals surface area (Å²) < 4.78 is 25.1. The van der Waals surface area contributed by atoms with E-state index in [0.29, 0.717) is 11.4 Å². The number of sulfone groups is 1. The molecule has 4 heteroatoms. The molecule has 0 bridgehead atoms. The van der Waals surface area contributed by atoms with Crippen molar-refractivity contribution >= 4 is 9.84 Å². The van der Waals surface area contributed by atoms with Crippen molar-refractivity contribution in [3.8, 4) is 0 Å². The van der Waals surface area contributed by atoms with Crippen molar-refractivity contribution in [2.45, 2.75) is 6.92 Å². The van der Waals surface area contributed by atoms with Crippen LogP contribution in [-0.4, -0.2) is 8.42 Å². The first-order chi connectivity index (χ1) is 9.02. The third kappa shape index (κ3) is 2.85. The Kier molecular flexibility index (Phi) is 4.89. The minimum absolute atomic E-state index is 0.168. The maximum Gasteiger partial charge on any atom is 0.210 e. The van der Waals surface area contributed by atoms with Gasteiger partial charge in [0.15, 0.2) is 0 Å². The second-order valence-electron chi connectivity index (χ2n) is 3.68. The van der Waals surface area contributed by atoms with Crippen LogP contribution in [0.15, 0.2) is 83.5 Å². The van der Waals surface area contributed by atoms with Crippen LogP contribution in [0.4, 0.5) is 0 Å². The molecule has 1 fully saturated rings. The molecule has 19 heavy (non-hydrogen) atoms. The summed E-state index contributed by atoms with van der Waals surface area (Å²) in [6.07, 6.45) is 10.7. The molecule has 0 aromatic rings. The van der Waals surface area contributed by atoms with Gasteiger partial charge in [-0.1, -0.05) is 44.0 Å². The van der Waals surface area contributed by atoms with Crippen LogP contribution in [0.5, 0.6) is 0 Å². The Morgan fingerprint density at radius 2 is 1.37 bits per heavy atom. The molecule has 0 aliphatic carbocycles. The lowest BCUT2D eigenvalue weighted by atomic mass is 10.2. The van der Waals surface area contributed by atoms with Gasteiger partial charge in [-0.05, 0) is 25.2 Å². The van der Waals surface area contributed by atoms with Gasteiger partial charge in [0.2, 0.25) is 9.84 Å². The molecule has 1 saturated heterocycles. The van der Waals surface area contributed by atoms with Gasteiger partial charge >= 0.3 is 0 Å². The molecule has 3 nitrogen and oxygen atoms in total. The monoisotopic (exact) mass is 275 g/mol. The number of rotatable bonds is 3. The van der Waals surface area contributed by atoms with E-state index in [1.54, 1.807) is 19.1 Å². The zero-order valence-corrected chi connectivity index (χ0v) is 11.7. The lowest BCUT2D eigenvalue weighted by Crippen LogP contribution is -2.29. The van der Waals surface area contributed by atoms with Crippen molar-refractivity contribution in [1.29, 1.82) is 0 Å². The second kappa shape index (κ2) is 6.20. The van der Waals surface area contributed by atoms with E-state index < -0.39 is 9.84 Å². The molecule has 0 atom stereocenters. The molecular formula is C15H17NO2S. The Morgan fingerprint density at radius 1 is 0.895 bits per heavy atom. The molecule has 1 N–H and O–H groups in total. The van der Waals surface area contributed by atoms with E-state index in [4.69, 9.17) is 0 Å². The Hall–Kier alpha value is -2.07. The van der Waals surface area contributed by atoms with Crippen molar-refractivity contribution in [2.75, 3.05) is 0 Å². The van der Waals surface area contributed by atoms with E-state index in [0.717, 1.165) is 0 Å². The largest absolute Gasteiger partial charge is 0.354 e. The summed E-state index contributed by atoms with van der Waals surface area (Å²) in [7, 11) is -3.59. The van der Waals surface area contributed by atoms with E-state index in [9.17, 15) is 8.42 Å². The lowest BCUT2D eigenvalue weighted by Gasteiger charge is -2.25. The van der Waals surface area contributed by atoms with E-state index in [1.165, 1.54) is 30.4 Å². The average Bonchev–Trinajstić information content (AvgIpc) is 2.37. The van der Waals surface area contributed by atoms with Gasteiger partial charge in [0.05, 0.1) is 21.2 Å². The highest BCUT2D eigenvalue weighted by Crippen LogP contribution is 2.33. The fourth-order valence-electron chi connectivity index (χ4n) is 1.71. The number of hydrogen-bond acceptors (Lipinski definition) is 3. The van der Waals surface area contributed by atoms with Crippen LogP contribution in [0.2, 0.25) is 0 Å². The van der Waals surface area contributed by atoms with E-state index >= 15 is 0 Å². The summed E-state index contributed by atoms with van der Waals surface area (Å²) in [5.41, 5.74) is 0.999. The van der Waals surface area contributed by atoms with Gasteiger partial charge in [-0.15, -0.1) is 0 Å². The van der Waals surface area contributed by atoms with Crippen LogP contribution in [0.1, 0.15) is 6.92 Å². The van der Waals surface area contributed by atoms with E-state index in [-0.39, 0.29) is 9.81 Å². The predicted molar refractivity (Wildman–Crippen MR) is 80.7 cm³/mol. The standard InChI is InChI=1S/C15H17NO2S/c1-5-9-13-15(11-7-3)19(17,18)14(10-6-2)12(8-4)16-13/h5-11,16H,1-3H2,4H3/b12-8+,13-9+,14-10+,15-11+. The Balaban J connectivity index is 3.64. The first kappa shape index (κ1) is 15.0.